The molecule has 0 atom stereocenters. The number of pyridine rings is 1. The number of hydrogen-bond acceptors (Lipinski definition) is 6. The van der Waals surface area contributed by atoms with Gasteiger partial charge in [-0.2, -0.15) is 5.26 Å². The van der Waals surface area contributed by atoms with Crippen LogP contribution in [-0.2, 0) is 5.75 Å². The third-order valence-electron chi connectivity index (χ3n) is 2.00. The van der Waals surface area contributed by atoms with Crippen molar-refractivity contribution in [1.82, 2.24) is 10.1 Å². The van der Waals surface area contributed by atoms with Crippen LogP contribution in [0.1, 0.15) is 21.8 Å². The molecular formula is C11H7N3O3S. The van der Waals surface area contributed by atoms with Crippen LogP contribution in [0.25, 0.3) is 0 Å². The maximum absolute atomic E-state index is 10.6. The van der Waals surface area contributed by atoms with Crippen LogP contribution in [0.15, 0.2) is 33.9 Å². The molecule has 0 aromatic carbocycles. The minimum Gasteiger partial charge on any atom is -0.476 e. The molecule has 0 aliphatic carbocycles. The zero-order valence-corrected chi connectivity index (χ0v) is 9.85. The van der Waals surface area contributed by atoms with E-state index in [4.69, 9.17) is 14.9 Å². The number of rotatable bonds is 4. The van der Waals surface area contributed by atoms with Crippen molar-refractivity contribution in [3.8, 4) is 6.07 Å². The minimum atomic E-state index is -1.13. The van der Waals surface area contributed by atoms with Gasteiger partial charge in [0.1, 0.15) is 5.76 Å². The van der Waals surface area contributed by atoms with Gasteiger partial charge in [-0.25, -0.2) is 9.78 Å². The van der Waals surface area contributed by atoms with Gasteiger partial charge in [0.2, 0.25) is 0 Å². The summed E-state index contributed by atoms with van der Waals surface area (Å²) < 4.78 is 4.86. The van der Waals surface area contributed by atoms with Crippen molar-refractivity contribution in [2.75, 3.05) is 0 Å². The molecule has 2 aromatic heterocycles. The monoisotopic (exact) mass is 261 g/mol. The number of aromatic carboxylic acids is 1. The van der Waals surface area contributed by atoms with Crippen LogP contribution in [-0.4, -0.2) is 21.2 Å². The summed E-state index contributed by atoms with van der Waals surface area (Å²) in [6, 6.07) is 6.65. The van der Waals surface area contributed by atoms with E-state index in [0.717, 1.165) is 0 Å². The van der Waals surface area contributed by atoms with Gasteiger partial charge < -0.3 is 9.63 Å². The fourth-order valence-corrected chi connectivity index (χ4v) is 1.96. The highest BCUT2D eigenvalue weighted by molar-refractivity contribution is 7.98. The van der Waals surface area contributed by atoms with Gasteiger partial charge in [-0.05, 0) is 12.1 Å². The Hall–Kier alpha value is -2.33. The number of carbonyl (C=O) groups is 1. The number of aromatic nitrogens is 2. The normalized spacial score (nSPS) is 9.94. The van der Waals surface area contributed by atoms with Gasteiger partial charge in [-0.3, -0.25) is 0 Å². The average Bonchev–Trinajstić information content (AvgIpc) is 2.85. The Morgan fingerprint density at radius 3 is 3.06 bits per heavy atom. The molecule has 2 heterocycles. The molecule has 0 aliphatic rings. The van der Waals surface area contributed by atoms with E-state index >= 15 is 0 Å². The molecule has 18 heavy (non-hydrogen) atoms. The highest BCUT2D eigenvalue weighted by atomic mass is 32.2. The zero-order valence-electron chi connectivity index (χ0n) is 9.03. The minimum absolute atomic E-state index is 0.121. The standard InChI is InChI=1S/C11H7N3O3S/c12-5-7-1-2-13-10(3-7)18-6-8-4-9(11(15)16)14-17-8/h1-4H,6H2,(H,15,16). The third kappa shape index (κ3) is 2.87. The van der Waals surface area contributed by atoms with Gasteiger partial charge in [0.05, 0.1) is 22.4 Å². The first-order valence-electron chi connectivity index (χ1n) is 4.87. The second-order valence-corrected chi connectivity index (χ2v) is 4.26. The van der Waals surface area contributed by atoms with Crippen molar-refractivity contribution in [2.45, 2.75) is 10.8 Å². The first-order valence-corrected chi connectivity index (χ1v) is 5.85. The van der Waals surface area contributed by atoms with Crippen molar-refractivity contribution in [3.63, 3.8) is 0 Å². The van der Waals surface area contributed by atoms with Crippen LogP contribution in [0, 0.1) is 11.3 Å². The Kier molecular flexibility index (Phi) is 3.60. The molecule has 0 unspecified atom stereocenters. The molecule has 0 bridgehead atoms. The van der Waals surface area contributed by atoms with Crippen LogP contribution < -0.4 is 0 Å². The van der Waals surface area contributed by atoms with Gasteiger partial charge in [-0.1, -0.05) is 16.9 Å². The summed E-state index contributed by atoms with van der Waals surface area (Å²) in [4.78, 5) is 14.7. The Morgan fingerprint density at radius 1 is 1.56 bits per heavy atom. The summed E-state index contributed by atoms with van der Waals surface area (Å²) in [6.45, 7) is 0. The van der Waals surface area contributed by atoms with Crippen LogP contribution in [0.3, 0.4) is 0 Å². The molecule has 1 N–H and O–H groups in total. The van der Waals surface area contributed by atoms with Gasteiger partial charge >= 0.3 is 5.97 Å². The molecule has 7 heteroatoms. The predicted octanol–water partition coefficient (Wildman–Crippen LogP) is 1.93. The van der Waals surface area contributed by atoms with Gasteiger partial charge in [0.25, 0.3) is 0 Å². The number of carboxylic acids is 1. The summed E-state index contributed by atoms with van der Waals surface area (Å²) in [5.74, 6) is -0.275. The quantitative estimate of drug-likeness (QED) is 0.839. The van der Waals surface area contributed by atoms with E-state index in [1.807, 2.05) is 6.07 Å². The van der Waals surface area contributed by atoms with Crippen LogP contribution in [0.2, 0.25) is 0 Å². The van der Waals surface area contributed by atoms with Crippen molar-refractivity contribution in [2.24, 2.45) is 0 Å². The van der Waals surface area contributed by atoms with Gasteiger partial charge in [0.15, 0.2) is 5.69 Å². The summed E-state index contributed by atoms with van der Waals surface area (Å²) in [7, 11) is 0. The molecule has 0 saturated heterocycles. The highest BCUT2D eigenvalue weighted by Crippen LogP contribution is 2.21. The topological polar surface area (TPSA) is 100 Å². The second kappa shape index (κ2) is 5.33. The summed E-state index contributed by atoms with van der Waals surface area (Å²) >= 11 is 1.34. The molecule has 6 nitrogen and oxygen atoms in total. The Balaban J connectivity index is 2.02. The van der Waals surface area contributed by atoms with E-state index in [2.05, 4.69) is 10.1 Å². The molecule has 0 aliphatic heterocycles. The van der Waals surface area contributed by atoms with E-state index < -0.39 is 5.97 Å². The molecular weight excluding hydrogens is 254 g/mol. The predicted molar refractivity (Wildman–Crippen MR) is 62.0 cm³/mol. The van der Waals surface area contributed by atoms with Crippen molar-refractivity contribution >= 4 is 17.7 Å². The van der Waals surface area contributed by atoms with Crippen molar-refractivity contribution in [3.05, 3.63) is 41.4 Å². The SMILES string of the molecule is N#Cc1ccnc(SCc2cc(C(=O)O)no2)c1. The lowest BCUT2D eigenvalue weighted by atomic mass is 10.3. The molecule has 90 valence electrons. The lowest BCUT2D eigenvalue weighted by Gasteiger charge is -1.97. The maximum Gasteiger partial charge on any atom is 0.358 e. The fraction of sp³-hybridized carbons (Fsp3) is 0.0909. The summed E-state index contributed by atoms with van der Waals surface area (Å²) in [5, 5.41) is 21.5. The first kappa shape index (κ1) is 12.1. The molecule has 0 radical (unpaired) electrons. The van der Waals surface area contributed by atoms with E-state index in [-0.39, 0.29) is 5.69 Å². The van der Waals surface area contributed by atoms with E-state index in [0.29, 0.717) is 22.1 Å². The Labute approximate surface area is 106 Å². The maximum atomic E-state index is 10.6. The average molecular weight is 261 g/mol. The molecule has 2 rings (SSSR count). The lowest BCUT2D eigenvalue weighted by molar-refractivity contribution is 0.0685. The number of thioether (sulfide) groups is 1. The summed E-state index contributed by atoms with van der Waals surface area (Å²) in [5.41, 5.74) is 0.403. The van der Waals surface area contributed by atoms with E-state index in [1.165, 1.54) is 17.8 Å². The number of nitrogens with zero attached hydrogens (tertiary/aromatic N) is 3. The summed E-state index contributed by atoms with van der Waals surface area (Å²) in [6.07, 6.45) is 1.55. The molecule has 0 fully saturated rings. The lowest BCUT2D eigenvalue weighted by Crippen LogP contribution is -1.94. The first-order chi connectivity index (χ1) is 8.69. The molecule has 2 aromatic rings. The van der Waals surface area contributed by atoms with E-state index in [1.54, 1.807) is 18.3 Å². The zero-order chi connectivity index (χ0) is 13.0. The van der Waals surface area contributed by atoms with E-state index in [9.17, 15) is 4.79 Å². The van der Waals surface area contributed by atoms with Crippen LogP contribution in [0.5, 0.6) is 0 Å². The largest absolute Gasteiger partial charge is 0.476 e. The Morgan fingerprint density at radius 2 is 2.39 bits per heavy atom. The smallest absolute Gasteiger partial charge is 0.358 e. The number of carboxylic acid groups (broad SMARTS) is 1. The van der Waals surface area contributed by atoms with Crippen LogP contribution >= 0.6 is 11.8 Å². The third-order valence-corrected chi connectivity index (χ3v) is 2.95. The fourth-order valence-electron chi connectivity index (χ4n) is 1.18. The van der Waals surface area contributed by atoms with Gasteiger partial charge in [0, 0.05) is 12.3 Å². The second-order valence-electron chi connectivity index (χ2n) is 3.27. The van der Waals surface area contributed by atoms with Crippen molar-refractivity contribution in [1.29, 1.82) is 5.26 Å². The van der Waals surface area contributed by atoms with Gasteiger partial charge in [-0.15, -0.1) is 0 Å². The molecule has 0 spiro atoms. The molecule has 0 amide bonds. The highest BCUT2D eigenvalue weighted by Gasteiger charge is 2.11. The van der Waals surface area contributed by atoms with Crippen LogP contribution in [0.4, 0.5) is 0 Å². The molecule has 0 saturated carbocycles. The number of hydrogen-bond donors (Lipinski definition) is 1. The number of nitriles is 1. The Bertz CT molecular complexity index is 618. The van der Waals surface area contributed by atoms with Crippen molar-refractivity contribution < 1.29 is 14.4 Å².